The number of halogens is 5. The minimum Gasteiger partial charge on any atom is -0.368 e. The third kappa shape index (κ3) is 5.00. The van der Waals surface area contributed by atoms with E-state index in [0.29, 0.717) is 41.9 Å². The SMILES string of the molecule is O=C(C=Cc1ccc(Cl)c(Cl)c1)N1CCN(c2cccc(C(F)(F)F)c2)CC1. The van der Waals surface area contributed by atoms with Gasteiger partial charge in [-0.05, 0) is 42.0 Å². The number of piperazine rings is 1. The first-order valence-electron chi connectivity index (χ1n) is 8.58. The second kappa shape index (κ2) is 8.45. The molecule has 0 N–H and O–H groups in total. The number of hydrogen-bond donors (Lipinski definition) is 0. The van der Waals surface area contributed by atoms with Crippen LogP contribution >= 0.6 is 23.2 Å². The van der Waals surface area contributed by atoms with Crippen LogP contribution in [0.3, 0.4) is 0 Å². The lowest BCUT2D eigenvalue weighted by Gasteiger charge is -2.35. The number of nitrogens with zero attached hydrogens (tertiary/aromatic N) is 2. The molecule has 148 valence electrons. The molecule has 0 aliphatic carbocycles. The van der Waals surface area contributed by atoms with Gasteiger partial charge in [0.15, 0.2) is 0 Å². The van der Waals surface area contributed by atoms with Gasteiger partial charge >= 0.3 is 6.18 Å². The van der Waals surface area contributed by atoms with Gasteiger partial charge in [-0.2, -0.15) is 13.2 Å². The predicted octanol–water partition coefficient (Wildman–Crippen LogP) is 5.37. The van der Waals surface area contributed by atoms with Crippen LogP contribution in [-0.4, -0.2) is 37.0 Å². The summed E-state index contributed by atoms with van der Waals surface area (Å²) in [6.45, 7) is 1.79. The summed E-state index contributed by atoms with van der Waals surface area (Å²) < 4.78 is 38.6. The van der Waals surface area contributed by atoms with Crippen molar-refractivity contribution in [1.29, 1.82) is 0 Å². The molecule has 28 heavy (non-hydrogen) atoms. The summed E-state index contributed by atoms with van der Waals surface area (Å²) in [6.07, 6.45) is -1.26. The Morgan fingerprint density at radius 2 is 1.68 bits per heavy atom. The highest BCUT2D eigenvalue weighted by molar-refractivity contribution is 6.42. The van der Waals surface area contributed by atoms with E-state index in [1.807, 2.05) is 4.90 Å². The number of carbonyl (C=O) groups is 1. The fourth-order valence-corrected chi connectivity index (χ4v) is 3.26. The van der Waals surface area contributed by atoms with Gasteiger partial charge in [-0.3, -0.25) is 4.79 Å². The monoisotopic (exact) mass is 428 g/mol. The van der Waals surface area contributed by atoms with Gasteiger partial charge in [0, 0.05) is 37.9 Å². The van der Waals surface area contributed by atoms with E-state index in [-0.39, 0.29) is 5.91 Å². The third-order valence-electron chi connectivity index (χ3n) is 4.49. The first-order chi connectivity index (χ1) is 13.2. The van der Waals surface area contributed by atoms with Crippen LogP contribution in [-0.2, 0) is 11.0 Å². The minimum atomic E-state index is -4.37. The van der Waals surface area contributed by atoms with Crippen molar-refractivity contribution in [1.82, 2.24) is 4.90 Å². The molecule has 0 unspecified atom stereocenters. The molecule has 1 amide bonds. The molecule has 0 atom stereocenters. The van der Waals surface area contributed by atoms with Crippen molar-refractivity contribution in [2.24, 2.45) is 0 Å². The van der Waals surface area contributed by atoms with Crippen LogP contribution in [0.25, 0.3) is 6.08 Å². The van der Waals surface area contributed by atoms with Gasteiger partial charge in [0.05, 0.1) is 15.6 Å². The van der Waals surface area contributed by atoms with Crippen LogP contribution < -0.4 is 4.90 Å². The number of rotatable bonds is 3. The fourth-order valence-electron chi connectivity index (χ4n) is 2.95. The molecule has 1 saturated heterocycles. The van der Waals surface area contributed by atoms with Gasteiger partial charge in [0.1, 0.15) is 0 Å². The molecule has 0 saturated carbocycles. The molecule has 2 aromatic carbocycles. The smallest absolute Gasteiger partial charge is 0.368 e. The fraction of sp³-hybridized carbons (Fsp3) is 0.250. The topological polar surface area (TPSA) is 23.6 Å². The van der Waals surface area contributed by atoms with E-state index in [1.54, 1.807) is 35.2 Å². The zero-order chi connectivity index (χ0) is 20.3. The van der Waals surface area contributed by atoms with E-state index in [2.05, 4.69) is 0 Å². The molecule has 0 bridgehead atoms. The van der Waals surface area contributed by atoms with Gasteiger partial charge in [-0.25, -0.2) is 0 Å². The van der Waals surface area contributed by atoms with Crippen molar-refractivity contribution in [3.63, 3.8) is 0 Å². The standard InChI is InChI=1S/C20H17Cl2F3N2O/c21-17-6-4-14(12-18(17)22)5-7-19(28)27-10-8-26(9-11-27)16-3-1-2-15(13-16)20(23,24)25/h1-7,12-13H,8-11H2. The van der Waals surface area contributed by atoms with Crippen molar-refractivity contribution in [3.8, 4) is 0 Å². The molecule has 8 heteroatoms. The predicted molar refractivity (Wildman–Crippen MR) is 106 cm³/mol. The molecule has 1 aliphatic rings. The maximum Gasteiger partial charge on any atom is 0.416 e. The van der Waals surface area contributed by atoms with Crippen LogP contribution in [0.5, 0.6) is 0 Å². The van der Waals surface area contributed by atoms with Gasteiger partial charge in [-0.1, -0.05) is 35.3 Å². The van der Waals surface area contributed by atoms with Crippen molar-refractivity contribution < 1.29 is 18.0 Å². The molecule has 3 nitrogen and oxygen atoms in total. The van der Waals surface area contributed by atoms with Crippen LogP contribution in [0.2, 0.25) is 10.0 Å². The third-order valence-corrected chi connectivity index (χ3v) is 5.23. The second-order valence-electron chi connectivity index (χ2n) is 6.37. The number of hydrogen-bond acceptors (Lipinski definition) is 2. The Morgan fingerprint density at radius 3 is 2.32 bits per heavy atom. The normalized spacial score (nSPS) is 15.3. The summed E-state index contributed by atoms with van der Waals surface area (Å²) in [4.78, 5) is 15.9. The Balaban J connectivity index is 1.60. The number of anilines is 1. The van der Waals surface area contributed by atoms with Crippen molar-refractivity contribution >= 4 is 40.9 Å². The Kier molecular flexibility index (Phi) is 6.20. The number of alkyl halides is 3. The number of carbonyl (C=O) groups excluding carboxylic acids is 1. The molecule has 0 spiro atoms. The lowest BCUT2D eigenvalue weighted by Crippen LogP contribution is -2.48. The van der Waals surface area contributed by atoms with E-state index in [9.17, 15) is 18.0 Å². The summed E-state index contributed by atoms with van der Waals surface area (Å²) in [5.74, 6) is -0.158. The molecule has 1 aliphatic heterocycles. The van der Waals surface area contributed by atoms with E-state index in [0.717, 1.165) is 17.7 Å². The summed E-state index contributed by atoms with van der Waals surface area (Å²) in [5.41, 5.74) is 0.590. The first kappa shape index (κ1) is 20.6. The van der Waals surface area contributed by atoms with Crippen molar-refractivity contribution in [2.75, 3.05) is 31.1 Å². The van der Waals surface area contributed by atoms with Gasteiger partial charge < -0.3 is 9.80 Å². The van der Waals surface area contributed by atoms with E-state index < -0.39 is 11.7 Å². The van der Waals surface area contributed by atoms with E-state index >= 15 is 0 Å². The quantitative estimate of drug-likeness (QED) is 0.613. The highest BCUT2D eigenvalue weighted by atomic mass is 35.5. The second-order valence-corrected chi connectivity index (χ2v) is 7.18. The van der Waals surface area contributed by atoms with Crippen molar-refractivity contribution in [3.05, 3.63) is 69.7 Å². The Bertz CT molecular complexity index is 891. The highest BCUT2D eigenvalue weighted by Crippen LogP contribution is 2.32. The van der Waals surface area contributed by atoms with Crippen LogP contribution in [0.1, 0.15) is 11.1 Å². The number of amides is 1. The average Bonchev–Trinajstić information content (AvgIpc) is 2.68. The Labute approximate surface area is 170 Å². The largest absolute Gasteiger partial charge is 0.416 e. The average molecular weight is 429 g/mol. The molecular formula is C20H17Cl2F3N2O. The summed E-state index contributed by atoms with van der Waals surface area (Å²) in [5, 5.41) is 0.849. The summed E-state index contributed by atoms with van der Waals surface area (Å²) >= 11 is 11.8. The summed E-state index contributed by atoms with van der Waals surface area (Å²) in [7, 11) is 0. The lowest BCUT2D eigenvalue weighted by atomic mass is 10.1. The minimum absolute atomic E-state index is 0.158. The van der Waals surface area contributed by atoms with E-state index in [1.165, 1.54) is 12.1 Å². The van der Waals surface area contributed by atoms with Crippen molar-refractivity contribution in [2.45, 2.75) is 6.18 Å². The molecule has 1 fully saturated rings. The van der Waals surface area contributed by atoms with Crippen LogP contribution in [0.15, 0.2) is 48.5 Å². The molecular weight excluding hydrogens is 412 g/mol. The molecule has 3 rings (SSSR count). The van der Waals surface area contributed by atoms with Gasteiger partial charge in [0.25, 0.3) is 0 Å². The first-order valence-corrected chi connectivity index (χ1v) is 9.34. The lowest BCUT2D eigenvalue weighted by molar-refractivity contribution is -0.137. The Hall–Kier alpha value is -2.18. The zero-order valence-electron chi connectivity index (χ0n) is 14.7. The molecule has 0 radical (unpaired) electrons. The number of benzene rings is 2. The molecule has 1 heterocycles. The summed E-state index contributed by atoms with van der Waals surface area (Å²) in [6, 6.07) is 10.3. The Morgan fingerprint density at radius 1 is 0.964 bits per heavy atom. The van der Waals surface area contributed by atoms with Crippen LogP contribution in [0, 0.1) is 0 Å². The van der Waals surface area contributed by atoms with Crippen LogP contribution in [0.4, 0.5) is 18.9 Å². The molecule has 0 aromatic heterocycles. The van der Waals surface area contributed by atoms with Gasteiger partial charge in [0.2, 0.25) is 5.91 Å². The zero-order valence-corrected chi connectivity index (χ0v) is 16.2. The van der Waals surface area contributed by atoms with Gasteiger partial charge in [-0.15, -0.1) is 0 Å². The molecule has 2 aromatic rings. The van der Waals surface area contributed by atoms with E-state index in [4.69, 9.17) is 23.2 Å². The maximum atomic E-state index is 12.9. The highest BCUT2D eigenvalue weighted by Gasteiger charge is 2.31. The maximum absolute atomic E-state index is 12.9.